The number of nitrogens with zero attached hydrogens (tertiary/aromatic N) is 2. The van der Waals surface area contributed by atoms with Gasteiger partial charge in [0.05, 0.1) is 0 Å². The number of para-hydroxylation sites is 1. The van der Waals surface area contributed by atoms with E-state index in [1.165, 1.54) is 10.9 Å². The summed E-state index contributed by atoms with van der Waals surface area (Å²) in [5.41, 5.74) is 3.16. The predicted molar refractivity (Wildman–Crippen MR) is 115 cm³/mol. The normalized spacial score (nSPS) is 13.8. The highest BCUT2D eigenvalue weighted by atomic mass is 16.2. The van der Waals surface area contributed by atoms with Gasteiger partial charge in [0.2, 0.25) is 5.91 Å². The van der Waals surface area contributed by atoms with Crippen LogP contribution in [-0.4, -0.2) is 29.6 Å². The fourth-order valence-electron chi connectivity index (χ4n) is 3.75. The first-order valence-corrected chi connectivity index (χ1v) is 10.2. The summed E-state index contributed by atoms with van der Waals surface area (Å²) in [7, 11) is 0. The van der Waals surface area contributed by atoms with E-state index in [1.54, 1.807) is 0 Å². The molecule has 2 aromatic carbocycles. The molecule has 0 radical (unpaired) electrons. The number of urea groups is 1. The number of fused-ring (bicyclic) bond motifs is 1. The molecule has 2 heterocycles. The van der Waals surface area contributed by atoms with Gasteiger partial charge >= 0.3 is 6.03 Å². The third-order valence-corrected chi connectivity index (χ3v) is 5.32. The van der Waals surface area contributed by atoms with Crippen LogP contribution in [0.5, 0.6) is 0 Å². The zero-order chi connectivity index (χ0) is 20.1. The van der Waals surface area contributed by atoms with Crippen LogP contribution in [0.2, 0.25) is 0 Å². The number of carbonyl (C=O) groups excluding carboxylic acids is 2. The molecule has 0 saturated carbocycles. The Hall–Kier alpha value is -3.28. The van der Waals surface area contributed by atoms with Crippen molar-refractivity contribution in [2.45, 2.75) is 32.4 Å². The molecule has 4 rings (SSSR count). The van der Waals surface area contributed by atoms with E-state index in [2.05, 4.69) is 39.6 Å². The second kappa shape index (κ2) is 8.82. The topological polar surface area (TPSA) is 66.4 Å². The molecule has 1 saturated heterocycles. The van der Waals surface area contributed by atoms with E-state index in [0.29, 0.717) is 19.5 Å². The van der Waals surface area contributed by atoms with Gasteiger partial charge in [-0.3, -0.25) is 4.79 Å². The van der Waals surface area contributed by atoms with Crippen molar-refractivity contribution in [1.29, 1.82) is 0 Å². The van der Waals surface area contributed by atoms with Crippen molar-refractivity contribution in [1.82, 2.24) is 15.2 Å². The van der Waals surface area contributed by atoms with E-state index in [4.69, 9.17) is 0 Å². The van der Waals surface area contributed by atoms with E-state index in [1.807, 2.05) is 41.3 Å². The summed E-state index contributed by atoms with van der Waals surface area (Å²) in [5, 5.41) is 7.03. The van der Waals surface area contributed by atoms with Crippen molar-refractivity contribution >= 4 is 28.5 Å². The first-order chi connectivity index (χ1) is 14.2. The third kappa shape index (κ3) is 4.59. The minimum absolute atomic E-state index is 0.166. The number of hydrogen-bond donors (Lipinski definition) is 2. The molecule has 0 atom stereocenters. The number of hydrogen-bond acceptors (Lipinski definition) is 2. The van der Waals surface area contributed by atoms with Crippen molar-refractivity contribution in [3.05, 3.63) is 66.4 Å². The Labute approximate surface area is 170 Å². The molecule has 3 amide bonds. The van der Waals surface area contributed by atoms with E-state index in [9.17, 15) is 9.59 Å². The van der Waals surface area contributed by atoms with Crippen LogP contribution in [0.1, 0.15) is 24.8 Å². The lowest BCUT2D eigenvalue weighted by molar-refractivity contribution is -0.117. The Morgan fingerprint density at radius 3 is 2.62 bits per heavy atom. The van der Waals surface area contributed by atoms with Crippen LogP contribution >= 0.6 is 0 Å². The van der Waals surface area contributed by atoms with Gasteiger partial charge in [0, 0.05) is 50.0 Å². The predicted octanol–water partition coefficient (Wildman–Crippen LogP) is 3.66. The summed E-state index contributed by atoms with van der Waals surface area (Å²) in [6.07, 6.45) is 4.50. The Kier molecular flexibility index (Phi) is 5.79. The highest BCUT2D eigenvalue weighted by Gasteiger charge is 2.21. The second-order valence-electron chi connectivity index (χ2n) is 7.35. The first-order valence-electron chi connectivity index (χ1n) is 10.2. The Bertz CT molecular complexity index is 994. The van der Waals surface area contributed by atoms with Gasteiger partial charge in [-0.05, 0) is 48.1 Å². The number of benzene rings is 2. The van der Waals surface area contributed by atoms with Crippen LogP contribution in [-0.2, 0) is 17.9 Å². The van der Waals surface area contributed by atoms with Crippen molar-refractivity contribution < 1.29 is 9.59 Å². The van der Waals surface area contributed by atoms with Crippen LogP contribution in [0.15, 0.2) is 60.8 Å². The number of rotatable bonds is 7. The number of anilines is 1. The zero-order valence-corrected chi connectivity index (χ0v) is 16.4. The average molecular weight is 390 g/mol. The summed E-state index contributed by atoms with van der Waals surface area (Å²) in [6, 6.07) is 18.0. The molecule has 0 aliphatic carbocycles. The molecule has 2 N–H and O–H groups in total. The summed E-state index contributed by atoms with van der Waals surface area (Å²) in [4.78, 5) is 25.6. The Morgan fingerprint density at radius 2 is 1.83 bits per heavy atom. The van der Waals surface area contributed by atoms with Crippen LogP contribution in [0, 0.1) is 0 Å². The molecule has 0 spiro atoms. The van der Waals surface area contributed by atoms with Gasteiger partial charge in [-0.1, -0.05) is 30.3 Å². The van der Waals surface area contributed by atoms with Gasteiger partial charge < -0.3 is 20.1 Å². The molecule has 3 aromatic rings. The van der Waals surface area contributed by atoms with Gasteiger partial charge in [0.1, 0.15) is 0 Å². The molecule has 6 nitrogen and oxygen atoms in total. The summed E-state index contributed by atoms with van der Waals surface area (Å²) in [5.74, 6) is 0.183. The third-order valence-electron chi connectivity index (χ3n) is 5.32. The quantitative estimate of drug-likeness (QED) is 0.605. The molecule has 1 fully saturated rings. The largest absolute Gasteiger partial charge is 0.347 e. The minimum Gasteiger partial charge on any atom is -0.347 e. The van der Waals surface area contributed by atoms with Crippen LogP contribution in [0.4, 0.5) is 10.5 Å². The Balaban J connectivity index is 1.18. The van der Waals surface area contributed by atoms with Crippen molar-refractivity contribution in [3.63, 3.8) is 0 Å². The molecule has 29 heavy (non-hydrogen) atoms. The van der Waals surface area contributed by atoms with Crippen molar-refractivity contribution in [3.8, 4) is 0 Å². The smallest absolute Gasteiger partial charge is 0.315 e. The SMILES string of the molecule is O=C(NCCCn1ccc2ccccc21)NCc1ccc(N2CCCC2=O)cc1. The van der Waals surface area contributed by atoms with Gasteiger partial charge in [-0.25, -0.2) is 4.79 Å². The molecule has 1 aromatic heterocycles. The monoisotopic (exact) mass is 390 g/mol. The number of carbonyl (C=O) groups is 2. The summed E-state index contributed by atoms with van der Waals surface area (Å²) >= 11 is 0. The molecular weight excluding hydrogens is 364 g/mol. The fourth-order valence-corrected chi connectivity index (χ4v) is 3.75. The lowest BCUT2D eigenvalue weighted by atomic mass is 10.2. The number of nitrogens with one attached hydrogen (secondary N) is 2. The first kappa shape index (κ1) is 19.1. The average Bonchev–Trinajstić information content (AvgIpc) is 3.36. The molecule has 0 bridgehead atoms. The van der Waals surface area contributed by atoms with Crippen LogP contribution in [0.3, 0.4) is 0 Å². The highest BCUT2D eigenvalue weighted by Crippen LogP contribution is 2.21. The van der Waals surface area contributed by atoms with E-state index in [0.717, 1.165) is 37.2 Å². The molecular formula is C23H26N4O2. The maximum Gasteiger partial charge on any atom is 0.315 e. The zero-order valence-electron chi connectivity index (χ0n) is 16.4. The molecule has 6 heteroatoms. The number of aryl methyl sites for hydroxylation is 1. The summed E-state index contributed by atoms with van der Waals surface area (Å²) in [6.45, 7) is 2.73. The van der Waals surface area contributed by atoms with E-state index >= 15 is 0 Å². The molecule has 1 aliphatic heterocycles. The lowest BCUT2D eigenvalue weighted by Gasteiger charge is -2.16. The van der Waals surface area contributed by atoms with Crippen molar-refractivity contribution in [2.24, 2.45) is 0 Å². The van der Waals surface area contributed by atoms with Gasteiger partial charge in [0.25, 0.3) is 0 Å². The Morgan fingerprint density at radius 1 is 1.00 bits per heavy atom. The van der Waals surface area contributed by atoms with E-state index < -0.39 is 0 Å². The molecule has 150 valence electrons. The standard InChI is InChI=1S/C23H26N4O2/c28-22-7-3-15-27(22)20-10-8-18(9-11-20)17-25-23(29)24-13-4-14-26-16-12-19-5-1-2-6-21(19)26/h1-2,5-6,8-12,16H,3-4,7,13-15,17H2,(H2,24,25,29). The van der Waals surface area contributed by atoms with Crippen LogP contribution in [0.25, 0.3) is 10.9 Å². The van der Waals surface area contributed by atoms with E-state index in [-0.39, 0.29) is 11.9 Å². The second-order valence-corrected chi connectivity index (χ2v) is 7.35. The van der Waals surface area contributed by atoms with Gasteiger partial charge in [-0.15, -0.1) is 0 Å². The molecule has 0 unspecified atom stereocenters. The fraction of sp³-hybridized carbons (Fsp3) is 0.304. The highest BCUT2D eigenvalue weighted by molar-refractivity contribution is 5.95. The van der Waals surface area contributed by atoms with Gasteiger partial charge in [0.15, 0.2) is 0 Å². The maximum atomic E-state index is 12.0. The number of aromatic nitrogens is 1. The molecule has 1 aliphatic rings. The van der Waals surface area contributed by atoms with Crippen LogP contribution < -0.4 is 15.5 Å². The number of amides is 3. The minimum atomic E-state index is -0.166. The summed E-state index contributed by atoms with van der Waals surface area (Å²) < 4.78 is 2.21. The van der Waals surface area contributed by atoms with Crippen molar-refractivity contribution in [2.75, 3.05) is 18.0 Å². The maximum absolute atomic E-state index is 12.0. The lowest BCUT2D eigenvalue weighted by Crippen LogP contribution is -2.35. The van der Waals surface area contributed by atoms with Gasteiger partial charge in [-0.2, -0.15) is 0 Å².